The summed E-state index contributed by atoms with van der Waals surface area (Å²) in [6.45, 7) is 1.79. The van der Waals surface area contributed by atoms with Crippen molar-refractivity contribution in [1.82, 2.24) is 15.0 Å². The third kappa shape index (κ3) is 3.20. The molecule has 0 aliphatic carbocycles. The van der Waals surface area contributed by atoms with Gasteiger partial charge in [-0.3, -0.25) is 4.98 Å². The Bertz CT molecular complexity index is 886. The molecule has 0 fully saturated rings. The lowest BCUT2D eigenvalue weighted by molar-refractivity contribution is -0.137. The van der Waals surface area contributed by atoms with Crippen LogP contribution in [0.3, 0.4) is 0 Å². The van der Waals surface area contributed by atoms with E-state index in [4.69, 9.17) is 0 Å². The summed E-state index contributed by atoms with van der Waals surface area (Å²) in [5, 5.41) is 0. The van der Waals surface area contributed by atoms with Gasteiger partial charge in [-0.2, -0.15) is 13.2 Å². The zero-order chi connectivity index (χ0) is 17.3. The zero-order valence-corrected chi connectivity index (χ0v) is 13.4. The van der Waals surface area contributed by atoms with Crippen LogP contribution in [0.4, 0.5) is 13.2 Å². The van der Waals surface area contributed by atoms with Crippen LogP contribution in [-0.4, -0.2) is 25.3 Å². The van der Waals surface area contributed by atoms with E-state index in [2.05, 4.69) is 15.0 Å². The minimum Gasteiger partial charge on any atom is -0.611 e. The second-order valence-corrected chi connectivity index (χ2v) is 6.66. The summed E-state index contributed by atoms with van der Waals surface area (Å²) in [6.07, 6.45) is -2.37. The molecule has 0 aliphatic heterocycles. The lowest BCUT2D eigenvalue weighted by atomic mass is 10.2. The number of nitrogens with zero attached hydrogens (tertiary/aromatic N) is 3. The predicted octanol–water partition coefficient (Wildman–Crippen LogP) is 3.84. The third-order valence-electron chi connectivity index (χ3n) is 3.40. The van der Waals surface area contributed by atoms with Gasteiger partial charge >= 0.3 is 6.18 Å². The number of pyridine rings is 1. The van der Waals surface area contributed by atoms with Gasteiger partial charge < -0.3 is 4.55 Å². The number of hydrogen-bond donors (Lipinski definition) is 0. The normalized spacial score (nSPS) is 13.2. The Labute approximate surface area is 139 Å². The smallest absolute Gasteiger partial charge is 0.417 e. The molecule has 0 spiro atoms. The summed E-state index contributed by atoms with van der Waals surface area (Å²) < 4.78 is 50.6. The highest BCUT2D eigenvalue weighted by molar-refractivity contribution is 7.91. The van der Waals surface area contributed by atoms with E-state index in [0.717, 1.165) is 12.3 Å². The van der Waals surface area contributed by atoms with Gasteiger partial charge in [-0.15, -0.1) is 0 Å². The lowest BCUT2D eigenvalue weighted by Gasteiger charge is -2.12. The zero-order valence-electron chi connectivity index (χ0n) is 12.5. The van der Waals surface area contributed by atoms with E-state index in [-0.39, 0.29) is 16.9 Å². The van der Waals surface area contributed by atoms with Crippen molar-refractivity contribution in [2.45, 2.75) is 18.0 Å². The minimum absolute atomic E-state index is 0.0897. The fourth-order valence-corrected chi connectivity index (χ4v) is 3.15. The number of aromatic nitrogens is 3. The van der Waals surface area contributed by atoms with Gasteiger partial charge in [-0.05, 0) is 36.3 Å². The van der Waals surface area contributed by atoms with Gasteiger partial charge in [0.2, 0.25) is 0 Å². The molecule has 1 atom stereocenters. The SMILES string of the molecule is CC[S+]([O-])c1ccccc1-c1ncc2ncc(C(F)(F)F)cc2n1. The molecule has 0 saturated carbocycles. The molecule has 0 radical (unpaired) electrons. The summed E-state index contributed by atoms with van der Waals surface area (Å²) in [6, 6.07) is 7.82. The monoisotopic (exact) mass is 351 g/mol. The van der Waals surface area contributed by atoms with E-state index in [9.17, 15) is 17.7 Å². The highest BCUT2D eigenvalue weighted by atomic mass is 32.2. The van der Waals surface area contributed by atoms with Crippen molar-refractivity contribution in [2.75, 3.05) is 5.75 Å². The number of alkyl halides is 3. The van der Waals surface area contributed by atoms with Crippen molar-refractivity contribution in [3.8, 4) is 11.4 Å². The molecule has 0 saturated heterocycles. The number of rotatable bonds is 3. The van der Waals surface area contributed by atoms with Crippen LogP contribution in [0.2, 0.25) is 0 Å². The average Bonchev–Trinajstić information content (AvgIpc) is 2.59. The molecule has 4 nitrogen and oxygen atoms in total. The van der Waals surface area contributed by atoms with Crippen LogP contribution in [0.5, 0.6) is 0 Å². The van der Waals surface area contributed by atoms with E-state index < -0.39 is 22.9 Å². The third-order valence-corrected chi connectivity index (χ3v) is 4.77. The molecule has 0 amide bonds. The maximum absolute atomic E-state index is 12.8. The Balaban J connectivity index is 2.14. The summed E-state index contributed by atoms with van der Waals surface area (Å²) in [7, 11) is 0. The number of halogens is 3. The largest absolute Gasteiger partial charge is 0.611 e. The van der Waals surface area contributed by atoms with Crippen molar-refractivity contribution in [3.05, 3.63) is 48.3 Å². The fraction of sp³-hybridized carbons (Fsp3) is 0.188. The topological polar surface area (TPSA) is 61.7 Å². The van der Waals surface area contributed by atoms with Crippen LogP contribution in [0, 0.1) is 0 Å². The Hall–Kier alpha value is -2.19. The Morgan fingerprint density at radius 3 is 2.54 bits per heavy atom. The van der Waals surface area contributed by atoms with Gasteiger partial charge in [0.05, 0.1) is 22.8 Å². The molecule has 3 rings (SSSR count). The standard InChI is InChI=1S/C16H12F3N3OS/c1-2-24(23)14-6-4-3-5-11(14)15-21-9-13-12(22-15)7-10(8-20-13)16(17,18)19/h3-9H,2H2,1H3. The van der Waals surface area contributed by atoms with E-state index in [0.29, 0.717) is 16.2 Å². The maximum Gasteiger partial charge on any atom is 0.417 e. The Kier molecular flexibility index (Phi) is 4.42. The molecule has 3 aromatic rings. The number of hydrogen-bond acceptors (Lipinski definition) is 4. The van der Waals surface area contributed by atoms with Crippen molar-refractivity contribution in [3.63, 3.8) is 0 Å². The van der Waals surface area contributed by atoms with Crippen LogP contribution in [0.25, 0.3) is 22.4 Å². The summed E-state index contributed by atoms with van der Waals surface area (Å²) in [4.78, 5) is 12.7. The maximum atomic E-state index is 12.8. The van der Waals surface area contributed by atoms with Gasteiger partial charge in [0, 0.05) is 6.20 Å². The number of fused-ring (bicyclic) bond motifs is 1. The summed E-state index contributed by atoms with van der Waals surface area (Å²) in [5.41, 5.74) is 0.0230. The highest BCUT2D eigenvalue weighted by Crippen LogP contribution is 2.31. The molecule has 1 aromatic carbocycles. The molecule has 0 N–H and O–H groups in total. The highest BCUT2D eigenvalue weighted by Gasteiger charge is 2.31. The molecule has 1 unspecified atom stereocenters. The Morgan fingerprint density at radius 1 is 1.08 bits per heavy atom. The second-order valence-electron chi connectivity index (χ2n) is 4.95. The van der Waals surface area contributed by atoms with E-state index in [1.54, 1.807) is 31.2 Å². The van der Waals surface area contributed by atoms with Crippen LogP contribution < -0.4 is 0 Å². The molecule has 2 aromatic heterocycles. The first-order valence-corrected chi connectivity index (χ1v) is 8.40. The van der Waals surface area contributed by atoms with Gasteiger partial charge in [-0.1, -0.05) is 12.1 Å². The predicted molar refractivity (Wildman–Crippen MR) is 84.7 cm³/mol. The average molecular weight is 351 g/mol. The molecule has 24 heavy (non-hydrogen) atoms. The first kappa shape index (κ1) is 16.7. The van der Waals surface area contributed by atoms with Crippen molar-refractivity contribution >= 4 is 22.2 Å². The molecule has 2 heterocycles. The molecular formula is C16H12F3N3OS. The summed E-state index contributed by atoms with van der Waals surface area (Å²) >= 11 is -1.23. The van der Waals surface area contributed by atoms with Gasteiger partial charge in [0.15, 0.2) is 10.7 Å². The molecule has 124 valence electrons. The van der Waals surface area contributed by atoms with Gasteiger partial charge in [0.1, 0.15) is 11.3 Å². The van der Waals surface area contributed by atoms with Crippen LogP contribution in [0.15, 0.2) is 47.6 Å². The quantitative estimate of drug-likeness (QED) is 0.673. The van der Waals surface area contributed by atoms with Gasteiger partial charge in [-0.25, -0.2) is 9.97 Å². The lowest BCUT2D eigenvalue weighted by Crippen LogP contribution is -2.07. The molecule has 8 heteroatoms. The van der Waals surface area contributed by atoms with E-state index in [1.165, 1.54) is 6.20 Å². The van der Waals surface area contributed by atoms with Crippen molar-refractivity contribution in [2.24, 2.45) is 0 Å². The fourth-order valence-electron chi connectivity index (χ4n) is 2.21. The van der Waals surface area contributed by atoms with E-state index in [1.807, 2.05) is 0 Å². The number of benzene rings is 1. The van der Waals surface area contributed by atoms with Gasteiger partial charge in [0.25, 0.3) is 0 Å². The minimum atomic E-state index is -4.49. The first-order valence-electron chi connectivity index (χ1n) is 7.08. The second kappa shape index (κ2) is 6.37. The molecule has 0 aliphatic rings. The van der Waals surface area contributed by atoms with E-state index >= 15 is 0 Å². The Morgan fingerprint density at radius 2 is 1.83 bits per heavy atom. The van der Waals surface area contributed by atoms with Crippen LogP contribution in [0.1, 0.15) is 12.5 Å². The van der Waals surface area contributed by atoms with Crippen molar-refractivity contribution in [1.29, 1.82) is 0 Å². The van der Waals surface area contributed by atoms with Crippen LogP contribution >= 0.6 is 0 Å². The molecule has 0 bridgehead atoms. The summed E-state index contributed by atoms with van der Waals surface area (Å²) in [5.74, 6) is 0.644. The van der Waals surface area contributed by atoms with Crippen molar-refractivity contribution < 1.29 is 17.7 Å². The first-order chi connectivity index (χ1) is 11.4. The van der Waals surface area contributed by atoms with Crippen LogP contribution in [-0.2, 0) is 17.4 Å². The molecular weight excluding hydrogens is 339 g/mol.